The van der Waals surface area contributed by atoms with Gasteiger partial charge in [-0.25, -0.2) is 18.1 Å². The van der Waals surface area contributed by atoms with Crippen molar-refractivity contribution in [1.82, 2.24) is 0 Å². The third kappa shape index (κ3) is 5.69. The van der Waals surface area contributed by atoms with Gasteiger partial charge in [0, 0.05) is 23.0 Å². The van der Waals surface area contributed by atoms with Crippen molar-refractivity contribution in [3.8, 4) is 0 Å². The summed E-state index contributed by atoms with van der Waals surface area (Å²) in [5.74, 6) is 0.427. The molecule has 1 aromatic carbocycles. The van der Waals surface area contributed by atoms with Crippen LogP contribution in [-0.4, -0.2) is 0 Å². The molecule has 3 rings (SSSR count). The molecule has 0 saturated heterocycles. The van der Waals surface area contributed by atoms with Gasteiger partial charge in [-0.1, -0.05) is 73.7 Å². The second-order valence-corrected chi connectivity index (χ2v) is 4.55. The first-order valence-electron chi connectivity index (χ1n) is 6.61. The Hall–Kier alpha value is -1.43. The Bertz CT molecular complexity index is 476. The minimum atomic E-state index is 0. The van der Waals surface area contributed by atoms with Gasteiger partial charge in [-0.05, 0) is 5.56 Å². The molecule has 0 saturated carbocycles. The van der Waals surface area contributed by atoms with Gasteiger partial charge in [0.05, 0.1) is 0 Å². The molecule has 0 heterocycles. The number of benzene rings is 1. The Morgan fingerprint density at radius 2 is 1.55 bits per heavy atom. The monoisotopic (exact) mass is 302 g/mol. The second-order valence-electron chi connectivity index (χ2n) is 4.55. The van der Waals surface area contributed by atoms with Gasteiger partial charge in [0.15, 0.2) is 0 Å². The molecule has 0 spiro atoms. The molecule has 1 aromatic rings. The Balaban J connectivity index is 0.000000243. The molecule has 0 N–H and O–H groups in total. The fraction of sp³-hybridized carbons (Fsp3) is 0.105. The van der Waals surface area contributed by atoms with Crippen molar-refractivity contribution in [1.29, 1.82) is 0 Å². The Labute approximate surface area is 133 Å². The van der Waals surface area contributed by atoms with Crippen LogP contribution in [0.25, 0.3) is 0 Å². The van der Waals surface area contributed by atoms with Gasteiger partial charge in [0.25, 0.3) is 0 Å². The largest absolute Gasteiger partial charge is 0.226 e. The van der Waals surface area contributed by atoms with Crippen molar-refractivity contribution in [2.45, 2.75) is 12.8 Å². The first-order valence-corrected chi connectivity index (χ1v) is 6.61. The van der Waals surface area contributed by atoms with E-state index in [0.717, 1.165) is 0 Å². The third-order valence-corrected chi connectivity index (χ3v) is 2.98. The van der Waals surface area contributed by atoms with Crippen LogP contribution in [0.4, 0.5) is 0 Å². The fourth-order valence-corrected chi connectivity index (χ4v) is 1.93. The van der Waals surface area contributed by atoms with E-state index < -0.39 is 0 Å². The van der Waals surface area contributed by atoms with Gasteiger partial charge in [-0.3, -0.25) is 0 Å². The number of rotatable bonds is 1. The molecule has 103 valence electrons. The molecular formula is C19H19Mn-. The van der Waals surface area contributed by atoms with Crippen molar-refractivity contribution in [3.63, 3.8) is 0 Å². The molecule has 0 bridgehead atoms. The summed E-state index contributed by atoms with van der Waals surface area (Å²) >= 11 is 0. The van der Waals surface area contributed by atoms with Crippen LogP contribution >= 0.6 is 0 Å². The smallest absolute Gasteiger partial charge is 0.0204 e. The Morgan fingerprint density at radius 1 is 0.900 bits per heavy atom. The normalized spacial score (nSPS) is 16.4. The molecule has 0 aliphatic heterocycles. The maximum absolute atomic E-state index is 2.20. The molecule has 0 amide bonds. The first kappa shape index (κ1) is 16.6. The standard InChI is InChI=1S/C13H12.C6H7.Mn/c1-2-5-9-12(8-4-1)13-10-6-3-7-11-13;1-6-4-2-3-5-6;/h1-12H;2-5H,1H3;/q;-1;. The predicted octanol–water partition coefficient (Wildman–Crippen LogP) is 5.01. The maximum Gasteiger partial charge on any atom is 0.0204 e. The number of hydrogen-bond donors (Lipinski definition) is 0. The summed E-state index contributed by atoms with van der Waals surface area (Å²) in [7, 11) is 0. The van der Waals surface area contributed by atoms with Crippen LogP contribution in [-0.2, 0) is 17.1 Å². The summed E-state index contributed by atoms with van der Waals surface area (Å²) in [6.45, 7) is 2.08. The summed E-state index contributed by atoms with van der Waals surface area (Å²) in [5, 5.41) is 0. The molecular weight excluding hydrogens is 283 g/mol. The van der Waals surface area contributed by atoms with Crippen LogP contribution in [0.15, 0.2) is 78.4 Å². The maximum atomic E-state index is 2.20. The average Bonchev–Trinajstić information content (AvgIpc) is 2.79. The van der Waals surface area contributed by atoms with Crippen LogP contribution < -0.4 is 0 Å². The van der Waals surface area contributed by atoms with Crippen LogP contribution in [0.3, 0.4) is 0 Å². The fourth-order valence-electron chi connectivity index (χ4n) is 1.93. The molecule has 0 unspecified atom stereocenters. The topological polar surface area (TPSA) is 0 Å². The van der Waals surface area contributed by atoms with Crippen LogP contribution in [0.2, 0.25) is 0 Å². The zero-order valence-corrected chi connectivity index (χ0v) is 12.8. The quantitative estimate of drug-likeness (QED) is 0.505. The molecule has 3 radical (unpaired) electrons. The van der Waals surface area contributed by atoms with Gasteiger partial charge in [0.2, 0.25) is 0 Å². The first-order chi connectivity index (χ1) is 9.36. The molecule has 0 aromatic heterocycles. The van der Waals surface area contributed by atoms with Crippen LogP contribution in [0.5, 0.6) is 0 Å². The molecule has 0 nitrogen and oxygen atoms in total. The molecule has 20 heavy (non-hydrogen) atoms. The SMILES string of the molecule is C1=CC=CC(c2ccccc2)C=C1.CC1=C[CH][CH][CH-]1.[Mn]. The zero-order valence-electron chi connectivity index (χ0n) is 11.6. The Morgan fingerprint density at radius 3 is 2.00 bits per heavy atom. The van der Waals surface area contributed by atoms with Crippen LogP contribution in [0.1, 0.15) is 18.4 Å². The molecule has 0 atom stereocenters. The molecule has 1 heteroatoms. The van der Waals surface area contributed by atoms with Gasteiger partial charge < -0.3 is 0 Å². The summed E-state index contributed by atoms with van der Waals surface area (Å²) < 4.78 is 0. The van der Waals surface area contributed by atoms with E-state index in [1.54, 1.807) is 0 Å². The van der Waals surface area contributed by atoms with Gasteiger partial charge in [-0.15, -0.1) is 12.8 Å². The summed E-state index contributed by atoms with van der Waals surface area (Å²) in [4.78, 5) is 0. The van der Waals surface area contributed by atoms with Gasteiger partial charge in [0.1, 0.15) is 0 Å². The minimum Gasteiger partial charge on any atom is -0.226 e. The van der Waals surface area contributed by atoms with E-state index in [0.29, 0.717) is 5.92 Å². The summed E-state index contributed by atoms with van der Waals surface area (Å²) in [6.07, 6.45) is 20.9. The van der Waals surface area contributed by atoms with Crippen molar-refractivity contribution in [2.24, 2.45) is 0 Å². The van der Waals surface area contributed by atoms with Gasteiger partial charge in [-0.2, -0.15) is 0 Å². The molecule has 2 aliphatic rings. The van der Waals surface area contributed by atoms with E-state index in [2.05, 4.69) is 80.1 Å². The third-order valence-electron chi connectivity index (χ3n) is 2.98. The van der Waals surface area contributed by atoms with E-state index in [-0.39, 0.29) is 17.1 Å². The number of hydrogen-bond acceptors (Lipinski definition) is 0. The van der Waals surface area contributed by atoms with Crippen LogP contribution in [0, 0.1) is 19.3 Å². The summed E-state index contributed by atoms with van der Waals surface area (Å²) in [5.41, 5.74) is 2.69. The van der Waals surface area contributed by atoms with E-state index >= 15 is 0 Å². The second kappa shape index (κ2) is 9.47. The van der Waals surface area contributed by atoms with E-state index in [1.807, 2.05) is 18.9 Å². The zero-order chi connectivity index (χ0) is 13.3. The van der Waals surface area contributed by atoms with Crippen molar-refractivity contribution < 1.29 is 17.1 Å². The molecule has 0 fully saturated rings. The van der Waals surface area contributed by atoms with Crippen molar-refractivity contribution in [3.05, 3.63) is 103 Å². The van der Waals surface area contributed by atoms with E-state index in [1.165, 1.54) is 11.1 Å². The van der Waals surface area contributed by atoms with E-state index in [9.17, 15) is 0 Å². The molecule has 2 aliphatic carbocycles. The summed E-state index contributed by atoms with van der Waals surface area (Å²) in [6, 6.07) is 10.5. The van der Waals surface area contributed by atoms with E-state index in [4.69, 9.17) is 0 Å². The Kier molecular flexibility index (Phi) is 7.87. The number of allylic oxidation sites excluding steroid dienone is 8. The predicted molar refractivity (Wildman–Crippen MR) is 83.3 cm³/mol. The van der Waals surface area contributed by atoms with Crippen molar-refractivity contribution in [2.75, 3.05) is 0 Å². The minimum absolute atomic E-state index is 0. The average molecular weight is 302 g/mol. The van der Waals surface area contributed by atoms with Crippen molar-refractivity contribution >= 4 is 0 Å². The van der Waals surface area contributed by atoms with Gasteiger partial charge >= 0.3 is 0 Å².